The van der Waals surface area contributed by atoms with Crippen LogP contribution in [0.3, 0.4) is 0 Å². The molecule has 0 aliphatic rings. The molecule has 270 valence electrons. The first-order valence-electron chi connectivity index (χ1n) is 19.1. The largest absolute Gasteiger partial charge is 0.309 e. The van der Waals surface area contributed by atoms with Crippen molar-refractivity contribution in [2.75, 3.05) is 0 Å². The van der Waals surface area contributed by atoms with Gasteiger partial charge in [-0.15, -0.1) is 11.3 Å². The minimum atomic E-state index is 0.463. The minimum Gasteiger partial charge on any atom is -0.309 e. The van der Waals surface area contributed by atoms with Gasteiger partial charge in [0, 0.05) is 47.8 Å². The number of aromatic nitrogens is 1. The third kappa shape index (κ3) is 6.44. The van der Waals surface area contributed by atoms with Crippen LogP contribution in [0.1, 0.15) is 16.7 Å². The van der Waals surface area contributed by atoms with Crippen LogP contribution in [-0.4, -0.2) is 23.0 Å². The van der Waals surface area contributed by atoms with Gasteiger partial charge in [-0.2, -0.15) is 0 Å². The summed E-state index contributed by atoms with van der Waals surface area (Å²) in [5, 5.41) is 5.11. The van der Waals surface area contributed by atoms with Crippen LogP contribution in [0.15, 0.2) is 209 Å². The SMILES string of the molecule is C=N/C(=N\C(=N/Cc1cccc(-c2cccc(-n3c4ccccc4c4cc(-c5cccc6c5sc5ccccc56)ccc43)c2)c1)c1ccccc1)c1ccccc1. The molecule has 10 rings (SSSR count). The molecule has 0 amide bonds. The molecule has 0 fully saturated rings. The van der Waals surface area contributed by atoms with Crippen LogP contribution in [-0.2, 0) is 6.54 Å². The maximum Gasteiger partial charge on any atom is 0.161 e. The van der Waals surface area contributed by atoms with Crippen molar-refractivity contribution in [2.45, 2.75) is 6.54 Å². The van der Waals surface area contributed by atoms with E-state index in [2.05, 4.69) is 150 Å². The fraction of sp³-hybridized carbons (Fsp3) is 0.0192. The Bertz CT molecular complexity index is 3170. The number of thiophene rings is 1. The lowest BCUT2D eigenvalue weighted by Gasteiger charge is -2.11. The Kier molecular flexibility index (Phi) is 8.90. The van der Waals surface area contributed by atoms with Crippen LogP contribution in [0, 0.1) is 0 Å². The van der Waals surface area contributed by atoms with Crippen LogP contribution < -0.4 is 0 Å². The lowest BCUT2D eigenvalue weighted by atomic mass is 10.0. The average molecular weight is 749 g/mol. The van der Waals surface area contributed by atoms with Gasteiger partial charge in [-0.05, 0) is 77.0 Å². The van der Waals surface area contributed by atoms with E-state index in [1.54, 1.807) is 0 Å². The first kappa shape index (κ1) is 34.3. The summed E-state index contributed by atoms with van der Waals surface area (Å²) < 4.78 is 5.05. The van der Waals surface area contributed by atoms with Crippen molar-refractivity contribution < 1.29 is 0 Å². The molecule has 5 heteroatoms. The van der Waals surface area contributed by atoms with Crippen LogP contribution in [0.5, 0.6) is 0 Å². The number of aliphatic imine (C=N–C) groups is 3. The molecular weight excluding hydrogens is 713 g/mol. The van der Waals surface area contributed by atoms with Crippen molar-refractivity contribution in [3.63, 3.8) is 0 Å². The van der Waals surface area contributed by atoms with E-state index in [4.69, 9.17) is 9.98 Å². The Balaban J connectivity index is 1.01. The normalized spacial score (nSPS) is 12.2. The zero-order valence-corrected chi connectivity index (χ0v) is 31.9. The summed E-state index contributed by atoms with van der Waals surface area (Å²) >= 11 is 1.88. The van der Waals surface area contributed by atoms with E-state index in [-0.39, 0.29) is 0 Å². The van der Waals surface area contributed by atoms with Gasteiger partial charge in [0.05, 0.1) is 17.6 Å². The number of hydrogen-bond acceptors (Lipinski definition) is 2. The van der Waals surface area contributed by atoms with Gasteiger partial charge in [-0.1, -0.05) is 152 Å². The molecule has 0 spiro atoms. The molecule has 0 aliphatic carbocycles. The minimum absolute atomic E-state index is 0.463. The summed E-state index contributed by atoms with van der Waals surface area (Å²) in [6.45, 7) is 4.27. The summed E-state index contributed by atoms with van der Waals surface area (Å²) in [6, 6.07) is 68.5. The third-order valence-corrected chi connectivity index (χ3v) is 11.8. The Hall–Kier alpha value is -7.21. The second-order valence-corrected chi connectivity index (χ2v) is 15.1. The predicted octanol–water partition coefficient (Wildman–Crippen LogP) is 13.6. The van der Waals surface area contributed by atoms with Crippen LogP contribution in [0.25, 0.3) is 69.9 Å². The highest BCUT2D eigenvalue weighted by atomic mass is 32.1. The molecule has 0 aliphatic heterocycles. The summed E-state index contributed by atoms with van der Waals surface area (Å²) in [7, 11) is 0. The van der Waals surface area contributed by atoms with Crippen molar-refractivity contribution in [2.24, 2.45) is 15.0 Å². The fourth-order valence-corrected chi connectivity index (χ4v) is 9.13. The van der Waals surface area contributed by atoms with Crippen molar-refractivity contribution in [3.05, 3.63) is 211 Å². The van der Waals surface area contributed by atoms with E-state index in [0.717, 1.165) is 33.5 Å². The molecule has 0 saturated heterocycles. The molecule has 0 bridgehead atoms. The second-order valence-electron chi connectivity index (χ2n) is 14.1. The number of hydrogen-bond donors (Lipinski definition) is 0. The lowest BCUT2D eigenvalue weighted by molar-refractivity contribution is 1.06. The molecule has 4 nitrogen and oxygen atoms in total. The summed E-state index contributed by atoms with van der Waals surface area (Å²) in [4.78, 5) is 14.2. The Morgan fingerprint density at radius 3 is 1.95 bits per heavy atom. The van der Waals surface area contributed by atoms with Crippen molar-refractivity contribution in [1.29, 1.82) is 0 Å². The second kappa shape index (κ2) is 14.8. The van der Waals surface area contributed by atoms with Gasteiger partial charge in [0.25, 0.3) is 0 Å². The van der Waals surface area contributed by atoms with Crippen molar-refractivity contribution >= 4 is 71.7 Å². The molecule has 2 aromatic heterocycles. The summed E-state index contributed by atoms with van der Waals surface area (Å²) in [5.41, 5.74) is 11.2. The van der Waals surface area contributed by atoms with Gasteiger partial charge in [-0.25, -0.2) is 9.98 Å². The number of nitrogens with zero attached hydrogens (tertiary/aromatic N) is 4. The van der Waals surface area contributed by atoms with E-state index in [0.29, 0.717) is 18.2 Å². The number of rotatable bonds is 7. The quantitative estimate of drug-likeness (QED) is 0.115. The van der Waals surface area contributed by atoms with E-state index < -0.39 is 0 Å². The van der Waals surface area contributed by atoms with Gasteiger partial charge in [0.2, 0.25) is 0 Å². The smallest absolute Gasteiger partial charge is 0.161 e. The fourth-order valence-electron chi connectivity index (χ4n) is 7.89. The topological polar surface area (TPSA) is 42.0 Å². The zero-order chi connectivity index (χ0) is 38.1. The standard InChI is InChI=1S/C52H36N4S/c1-53-51(36-16-4-2-5-17-36)55-52(37-18-6-3-7-19-37)54-34-35-15-12-20-38(31-35)39-21-13-22-41(32-39)56-47-27-10-8-23-43(47)46-33-40(29-30-48(46)56)42-25-14-26-45-44-24-9-11-28-49(44)57-50(42)45/h2-33H,1,34H2/b54-52-,55-51-. The molecule has 0 saturated carbocycles. The zero-order valence-electron chi connectivity index (χ0n) is 31.1. The first-order valence-corrected chi connectivity index (χ1v) is 19.9. The number of para-hydroxylation sites is 1. The molecule has 0 N–H and O–H groups in total. The summed E-state index contributed by atoms with van der Waals surface area (Å²) in [5.74, 6) is 1.16. The van der Waals surface area contributed by atoms with Gasteiger partial charge < -0.3 is 4.57 Å². The maximum absolute atomic E-state index is 5.03. The molecule has 10 aromatic rings. The molecule has 2 heterocycles. The number of benzene rings is 8. The van der Waals surface area contributed by atoms with Crippen LogP contribution in [0.4, 0.5) is 0 Å². The van der Waals surface area contributed by atoms with Crippen LogP contribution in [0.2, 0.25) is 0 Å². The number of amidine groups is 2. The van der Waals surface area contributed by atoms with Gasteiger partial charge >= 0.3 is 0 Å². The van der Waals surface area contributed by atoms with E-state index in [1.807, 2.05) is 72.0 Å². The monoisotopic (exact) mass is 748 g/mol. The highest BCUT2D eigenvalue weighted by Crippen LogP contribution is 2.42. The maximum atomic E-state index is 5.03. The van der Waals surface area contributed by atoms with Crippen molar-refractivity contribution in [3.8, 4) is 27.9 Å². The summed E-state index contributed by atoms with van der Waals surface area (Å²) in [6.07, 6.45) is 0. The molecule has 0 unspecified atom stereocenters. The molecule has 0 radical (unpaired) electrons. The highest BCUT2D eigenvalue weighted by Gasteiger charge is 2.16. The third-order valence-electron chi connectivity index (χ3n) is 10.6. The number of fused-ring (bicyclic) bond motifs is 6. The average Bonchev–Trinajstić information content (AvgIpc) is 3.83. The lowest BCUT2D eigenvalue weighted by Crippen LogP contribution is -2.05. The molecule has 8 aromatic carbocycles. The van der Waals surface area contributed by atoms with E-state index >= 15 is 0 Å². The molecular formula is C52H36N4S. The van der Waals surface area contributed by atoms with Crippen LogP contribution >= 0.6 is 11.3 Å². The van der Waals surface area contributed by atoms with Gasteiger partial charge in [0.1, 0.15) is 0 Å². The molecule has 0 atom stereocenters. The van der Waals surface area contributed by atoms with Gasteiger partial charge in [-0.3, -0.25) is 4.99 Å². The Morgan fingerprint density at radius 1 is 0.491 bits per heavy atom. The van der Waals surface area contributed by atoms with Gasteiger partial charge in [0.15, 0.2) is 11.7 Å². The first-order chi connectivity index (χ1) is 28.2. The Labute approximate surface area is 335 Å². The Morgan fingerprint density at radius 2 is 1.14 bits per heavy atom. The van der Waals surface area contributed by atoms with E-state index in [1.165, 1.54) is 53.1 Å². The van der Waals surface area contributed by atoms with E-state index in [9.17, 15) is 0 Å². The van der Waals surface area contributed by atoms with Crippen molar-refractivity contribution in [1.82, 2.24) is 4.57 Å². The highest BCUT2D eigenvalue weighted by molar-refractivity contribution is 7.26. The predicted molar refractivity (Wildman–Crippen MR) is 244 cm³/mol. The molecule has 57 heavy (non-hydrogen) atoms.